The number of halogens is 3. The Morgan fingerprint density at radius 3 is 2.53 bits per heavy atom. The highest BCUT2D eigenvalue weighted by Crippen LogP contribution is 2.37. The molecule has 5 rings (SSSR count). The second kappa shape index (κ2) is 7.90. The first-order valence-corrected chi connectivity index (χ1v) is 10.9. The average Bonchev–Trinajstić information content (AvgIpc) is 3.35. The number of hydrogen-bond acceptors (Lipinski definition) is 4. The summed E-state index contributed by atoms with van der Waals surface area (Å²) in [6.45, 7) is 0. The third-order valence-electron chi connectivity index (χ3n) is 5.13. The van der Waals surface area contributed by atoms with Crippen molar-refractivity contribution < 1.29 is 22.7 Å². The number of ether oxygens (including phenoxy) is 1. The second-order valence-electron chi connectivity index (χ2n) is 7.20. The van der Waals surface area contributed by atoms with Crippen LogP contribution in [0.15, 0.2) is 66.7 Å². The number of carbonyl (C=O) groups is 1. The number of benzene rings is 3. The molecular formula is C23H16F3N3O2S. The molecule has 2 heterocycles. The van der Waals surface area contributed by atoms with Gasteiger partial charge in [0.15, 0.2) is 0 Å². The minimum Gasteiger partial charge on any atom is -0.406 e. The molecule has 162 valence electrons. The van der Waals surface area contributed by atoms with Crippen molar-refractivity contribution in [2.75, 3.05) is 5.32 Å². The largest absolute Gasteiger partial charge is 0.573 e. The molecule has 0 unspecified atom stereocenters. The Bertz CT molecular complexity index is 1310. The van der Waals surface area contributed by atoms with Gasteiger partial charge in [-0.3, -0.25) is 4.79 Å². The van der Waals surface area contributed by atoms with E-state index in [4.69, 9.17) is 0 Å². The number of nitrogens with zero attached hydrogens (tertiary/aromatic N) is 2. The second-order valence-corrected chi connectivity index (χ2v) is 8.19. The number of rotatable bonds is 4. The van der Waals surface area contributed by atoms with E-state index < -0.39 is 6.36 Å². The molecule has 1 aromatic heterocycles. The topological polar surface area (TPSA) is 56.2 Å². The Kier molecular flexibility index (Phi) is 5.05. The normalized spacial score (nSPS) is 13.2. The van der Waals surface area contributed by atoms with Gasteiger partial charge in [0.05, 0.1) is 11.4 Å². The molecule has 1 aliphatic heterocycles. The van der Waals surface area contributed by atoms with Gasteiger partial charge in [-0.1, -0.05) is 36.4 Å². The van der Waals surface area contributed by atoms with Crippen LogP contribution in [0.2, 0.25) is 0 Å². The van der Waals surface area contributed by atoms with E-state index in [2.05, 4.69) is 15.2 Å². The summed E-state index contributed by atoms with van der Waals surface area (Å²) in [5, 5.41) is 9.37. The summed E-state index contributed by atoms with van der Waals surface area (Å²) in [5.41, 5.74) is 2.81. The lowest BCUT2D eigenvalue weighted by molar-refractivity contribution is -0.274. The summed E-state index contributed by atoms with van der Waals surface area (Å²) < 4.78 is 42.9. The van der Waals surface area contributed by atoms with Crippen LogP contribution >= 0.6 is 11.8 Å². The van der Waals surface area contributed by atoms with Gasteiger partial charge in [-0.2, -0.15) is 16.9 Å². The van der Waals surface area contributed by atoms with Crippen molar-refractivity contribution in [2.24, 2.45) is 0 Å². The van der Waals surface area contributed by atoms with E-state index in [0.717, 1.165) is 22.0 Å². The first-order chi connectivity index (χ1) is 15.4. The van der Waals surface area contributed by atoms with Crippen LogP contribution in [0, 0.1) is 0 Å². The molecule has 32 heavy (non-hydrogen) atoms. The van der Waals surface area contributed by atoms with Crippen molar-refractivity contribution in [3.8, 4) is 11.4 Å². The standard InChI is InChI=1S/C23H16F3N3O2S/c24-23(25,26)31-16-10-8-15(9-11-16)29-21(19-12-32-13-20(19)28-29)27-22(30)18-7-3-5-14-4-1-2-6-17(14)18/h1-11H,12-13H2,(H,27,30). The number of alkyl halides is 3. The zero-order valence-corrected chi connectivity index (χ0v) is 17.3. The number of nitrogens with one attached hydrogen (secondary N) is 1. The molecule has 0 fully saturated rings. The van der Waals surface area contributed by atoms with Crippen LogP contribution in [0.5, 0.6) is 5.75 Å². The highest BCUT2D eigenvalue weighted by Gasteiger charge is 2.31. The Morgan fingerprint density at radius 2 is 1.75 bits per heavy atom. The monoisotopic (exact) mass is 455 g/mol. The van der Waals surface area contributed by atoms with Gasteiger partial charge in [0.2, 0.25) is 0 Å². The van der Waals surface area contributed by atoms with Crippen LogP contribution in [0.4, 0.5) is 19.0 Å². The lowest BCUT2D eigenvalue weighted by Gasteiger charge is -2.13. The lowest BCUT2D eigenvalue weighted by Crippen LogP contribution is -2.17. The fraction of sp³-hybridized carbons (Fsp3) is 0.130. The minimum absolute atomic E-state index is 0.278. The van der Waals surface area contributed by atoms with Gasteiger partial charge in [0.25, 0.3) is 5.91 Å². The average molecular weight is 455 g/mol. The number of aromatic nitrogens is 2. The Hall–Kier alpha value is -3.46. The van der Waals surface area contributed by atoms with Gasteiger partial charge in [0, 0.05) is 22.6 Å². The van der Waals surface area contributed by atoms with Gasteiger partial charge in [-0.05, 0) is 41.1 Å². The van der Waals surface area contributed by atoms with E-state index in [1.165, 1.54) is 24.3 Å². The molecule has 3 aromatic carbocycles. The maximum absolute atomic E-state index is 13.2. The van der Waals surface area contributed by atoms with E-state index in [9.17, 15) is 18.0 Å². The molecule has 0 saturated heterocycles. The minimum atomic E-state index is -4.76. The quantitative estimate of drug-likeness (QED) is 0.415. The molecule has 0 aliphatic carbocycles. The highest BCUT2D eigenvalue weighted by atomic mass is 32.2. The molecule has 1 aliphatic rings. The molecular weight excluding hydrogens is 439 g/mol. The summed E-state index contributed by atoms with van der Waals surface area (Å²) >= 11 is 1.69. The summed E-state index contributed by atoms with van der Waals surface area (Å²) in [6.07, 6.45) is -4.76. The van der Waals surface area contributed by atoms with Crippen molar-refractivity contribution in [3.05, 3.63) is 83.6 Å². The Morgan fingerprint density at radius 1 is 1.00 bits per heavy atom. The van der Waals surface area contributed by atoms with Gasteiger partial charge in [0.1, 0.15) is 11.6 Å². The smallest absolute Gasteiger partial charge is 0.406 e. The van der Waals surface area contributed by atoms with E-state index in [1.54, 1.807) is 22.5 Å². The van der Waals surface area contributed by atoms with Crippen molar-refractivity contribution in [1.82, 2.24) is 9.78 Å². The van der Waals surface area contributed by atoms with Crippen LogP contribution in [0.3, 0.4) is 0 Å². The van der Waals surface area contributed by atoms with E-state index in [-0.39, 0.29) is 11.7 Å². The van der Waals surface area contributed by atoms with Crippen molar-refractivity contribution in [1.29, 1.82) is 0 Å². The number of anilines is 1. The summed E-state index contributed by atoms with van der Waals surface area (Å²) in [7, 11) is 0. The molecule has 1 amide bonds. The van der Waals surface area contributed by atoms with Gasteiger partial charge in [-0.15, -0.1) is 13.2 Å². The number of amides is 1. The number of carbonyl (C=O) groups excluding carboxylic acids is 1. The molecule has 0 spiro atoms. The highest BCUT2D eigenvalue weighted by molar-refractivity contribution is 7.98. The summed E-state index contributed by atoms with van der Waals surface area (Å²) in [4.78, 5) is 13.2. The van der Waals surface area contributed by atoms with Crippen molar-refractivity contribution in [3.63, 3.8) is 0 Å². The van der Waals surface area contributed by atoms with E-state index in [0.29, 0.717) is 28.6 Å². The van der Waals surface area contributed by atoms with Crippen LogP contribution < -0.4 is 10.1 Å². The molecule has 0 bridgehead atoms. The molecule has 0 atom stereocenters. The van der Waals surface area contributed by atoms with Crippen LogP contribution in [-0.2, 0) is 11.5 Å². The summed E-state index contributed by atoms with van der Waals surface area (Å²) in [6, 6.07) is 18.5. The predicted octanol–water partition coefficient (Wildman–Crippen LogP) is 5.92. The molecule has 1 N–H and O–H groups in total. The first kappa shape index (κ1) is 20.4. The maximum atomic E-state index is 13.2. The summed E-state index contributed by atoms with van der Waals surface area (Å²) in [5.74, 6) is 1.31. The van der Waals surface area contributed by atoms with Gasteiger partial charge < -0.3 is 10.1 Å². The fourth-order valence-corrected chi connectivity index (χ4v) is 4.75. The maximum Gasteiger partial charge on any atom is 0.573 e. The molecule has 5 nitrogen and oxygen atoms in total. The molecule has 9 heteroatoms. The molecule has 0 saturated carbocycles. The zero-order valence-electron chi connectivity index (χ0n) is 16.5. The van der Waals surface area contributed by atoms with E-state index >= 15 is 0 Å². The van der Waals surface area contributed by atoms with Crippen LogP contribution in [0.1, 0.15) is 21.6 Å². The van der Waals surface area contributed by atoms with Crippen molar-refractivity contribution >= 4 is 34.3 Å². The number of thioether (sulfide) groups is 1. The number of hydrogen-bond donors (Lipinski definition) is 1. The Balaban J connectivity index is 1.50. The van der Waals surface area contributed by atoms with Crippen LogP contribution in [0.25, 0.3) is 16.5 Å². The first-order valence-electron chi connectivity index (χ1n) is 9.73. The predicted molar refractivity (Wildman–Crippen MR) is 117 cm³/mol. The number of fused-ring (bicyclic) bond motifs is 2. The third kappa shape index (κ3) is 3.91. The van der Waals surface area contributed by atoms with E-state index in [1.807, 2.05) is 36.4 Å². The van der Waals surface area contributed by atoms with Gasteiger partial charge >= 0.3 is 6.36 Å². The lowest BCUT2D eigenvalue weighted by atomic mass is 10.0. The van der Waals surface area contributed by atoms with Crippen LogP contribution in [-0.4, -0.2) is 22.1 Å². The molecule has 0 radical (unpaired) electrons. The molecule has 4 aromatic rings. The zero-order chi connectivity index (χ0) is 22.3. The Labute approximate surface area is 185 Å². The SMILES string of the molecule is O=C(Nc1c2c(nn1-c1ccc(OC(F)(F)F)cc1)CSC2)c1cccc2ccccc12. The van der Waals surface area contributed by atoms with Gasteiger partial charge in [-0.25, -0.2) is 4.68 Å². The third-order valence-corrected chi connectivity index (χ3v) is 6.10. The van der Waals surface area contributed by atoms with Crippen molar-refractivity contribution in [2.45, 2.75) is 17.9 Å². The fourth-order valence-electron chi connectivity index (χ4n) is 3.72.